The highest BCUT2D eigenvalue weighted by molar-refractivity contribution is 5.70. The van der Waals surface area contributed by atoms with E-state index in [2.05, 4.69) is 37.1 Å². The smallest absolute Gasteiger partial charge is 0.307 e. The Labute approximate surface area is 301 Å². The van der Waals surface area contributed by atoms with Gasteiger partial charge in [-0.3, -0.25) is 14.4 Å². The summed E-state index contributed by atoms with van der Waals surface area (Å²) in [5.41, 5.74) is 0. The Bertz CT molecular complexity index is 891. The molecule has 3 unspecified atom stereocenters. The van der Waals surface area contributed by atoms with Crippen molar-refractivity contribution >= 4 is 17.9 Å². The Hall–Kier alpha value is -2.33. The van der Waals surface area contributed by atoms with Crippen molar-refractivity contribution < 1.29 is 28.6 Å². The van der Waals surface area contributed by atoms with Crippen LogP contribution in [0.25, 0.3) is 0 Å². The summed E-state index contributed by atoms with van der Waals surface area (Å²) >= 11 is 0. The van der Waals surface area contributed by atoms with Crippen molar-refractivity contribution in [1.82, 2.24) is 5.32 Å². The lowest BCUT2D eigenvalue weighted by Crippen LogP contribution is -2.19. The lowest BCUT2D eigenvalue weighted by molar-refractivity contribution is -0.150. The number of hydrogen-bond acceptors (Lipinski definition) is 7. The molecule has 0 bridgehead atoms. The molecule has 0 saturated carbocycles. The Morgan fingerprint density at radius 2 is 1.12 bits per heavy atom. The molecular weight excluding hydrogens is 614 g/mol. The molecule has 0 rings (SSSR count). The quantitative estimate of drug-likeness (QED) is 0.0241. The van der Waals surface area contributed by atoms with Gasteiger partial charge in [-0.2, -0.15) is 0 Å². The topological polar surface area (TPSA) is 90.9 Å². The highest BCUT2D eigenvalue weighted by Crippen LogP contribution is 2.18. The molecule has 3 atom stereocenters. The number of allylic oxidation sites excluding steroid dienone is 1. The standard InChI is InChI=1S/C42H75NO6/c1-6-8-10-12-16-22-29-37(3)47-40(44)33-26-20-14-18-24-31-39(49-42(46)35-28-36-43-5)32-25-19-15-21-27-34-41(45)48-38(4)30-23-17-13-11-9-7-2/h22,29,37-39,43H,6-21,24-28,31-36H2,1-5H3/b29-22-. The zero-order chi connectivity index (χ0) is 36.2. The van der Waals surface area contributed by atoms with Crippen LogP contribution >= 0.6 is 0 Å². The van der Waals surface area contributed by atoms with Crippen LogP contribution in [0.5, 0.6) is 0 Å². The van der Waals surface area contributed by atoms with Gasteiger partial charge in [0.1, 0.15) is 12.2 Å². The second kappa shape index (κ2) is 35.5. The number of esters is 3. The summed E-state index contributed by atoms with van der Waals surface area (Å²) in [5, 5.41) is 3.08. The van der Waals surface area contributed by atoms with Crippen LogP contribution in [0.4, 0.5) is 0 Å². The van der Waals surface area contributed by atoms with E-state index in [0.717, 1.165) is 109 Å². The first-order valence-corrected chi connectivity index (χ1v) is 20.2. The highest BCUT2D eigenvalue weighted by atomic mass is 16.5. The first kappa shape index (κ1) is 46.7. The molecule has 1 N–H and O–H groups in total. The van der Waals surface area contributed by atoms with E-state index in [1.807, 2.05) is 27.0 Å². The SMILES string of the molecule is CCCCCCC#CC(C)OC(=O)CCCCCCCC(CCCCCCCC(=O)OC(C)/C=C\CCCCCC)OC(=O)CCCNC. The van der Waals surface area contributed by atoms with E-state index >= 15 is 0 Å². The van der Waals surface area contributed by atoms with Crippen LogP contribution in [0.15, 0.2) is 12.2 Å². The van der Waals surface area contributed by atoms with Gasteiger partial charge >= 0.3 is 17.9 Å². The van der Waals surface area contributed by atoms with Crippen molar-refractivity contribution in [2.75, 3.05) is 13.6 Å². The molecule has 49 heavy (non-hydrogen) atoms. The summed E-state index contributed by atoms with van der Waals surface area (Å²) in [6.45, 7) is 8.99. The molecule has 0 aliphatic carbocycles. The van der Waals surface area contributed by atoms with E-state index < -0.39 is 0 Å². The predicted octanol–water partition coefficient (Wildman–Crippen LogP) is 10.7. The van der Waals surface area contributed by atoms with Gasteiger partial charge in [0.2, 0.25) is 0 Å². The molecule has 7 heteroatoms. The normalized spacial score (nSPS) is 13.0. The summed E-state index contributed by atoms with van der Waals surface area (Å²) in [6, 6.07) is 0. The molecule has 0 radical (unpaired) electrons. The maximum atomic E-state index is 12.4. The van der Waals surface area contributed by atoms with Crippen molar-refractivity contribution in [3.05, 3.63) is 12.2 Å². The molecule has 0 amide bonds. The zero-order valence-corrected chi connectivity index (χ0v) is 32.4. The summed E-state index contributed by atoms with van der Waals surface area (Å²) < 4.78 is 16.8. The van der Waals surface area contributed by atoms with Crippen LogP contribution in [-0.4, -0.2) is 49.8 Å². The molecule has 0 aliphatic heterocycles. The number of carbonyl (C=O) groups is 3. The molecule has 0 aromatic rings. The molecule has 0 aromatic carbocycles. The van der Waals surface area contributed by atoms with Crippen LogP contribution < -0.4 is 5.32 Å². The Balaban J connectivity index is 4.19. The lowest BCUT2D eigenvalue weighted by atomic mass is 10.0. The number of rotatable bonds is 33. The average Bonchev–Trinajstić information content (AvgIpc) is 3.06. The molecule has 0 heterocycles. The first-order valence-electron chi connectivity index (χ1n) is 20.2. The molecule has 0 aromatic heterocycles. The molecule has 7 nitrogen and oxygen atoms in total. The maximum Gasteiger partial charge on any atom is 0.307 e. The Kier molecular flexibility index (Phi) is 33.8. The Morgan fingerprint density at radius 1 is 0.612 bits per heavy atom. The van der Waals surface area contributed by atoms with Gasteiger partial charge in [0.25, 0.3) is 0 Å². The van der Waals surface area contributed by atoms with Gasteiger partial charge in [0, 0.05) is 25.7 Å². The van der Waals surface area contributed by atoms with E-state index in [1.165, 1.54) is 44.9 Å². The van der Waals surface area contributed by atoms with Crippen LogP contribution in [0.2, 0.25) is 0 Å². The van der Waals surface area contributed by atoms with Gasteiger partial charge in [-0.25, -0.2) is 0 Å². The molecule has 0 fully saturated rings. The lowest BCUT2D eigenvalue weighted by Gasteiger charge is -2.18. The number of hydrogen-bond donors (Lipinski definition) is 1. The summed E-state index contributed by atoms with van der Waals surface area (Å²) in [5.74, 6) is 5.80. The molecular formula is C42H75NO6. The van der Waals surface area contributed by atoms with Gasteiger partial charge in [-0.15, -0.1) is 0 Å². The van der Waals surface area contributed by atoms with Gasteiger partial charge in [-0.1, -0.05) is 109 Å². The van der Waals surface area contributed by atoms with Crippen LogP contribution in [-0.2, 0) is 28.6 Å². The average molecular weight is 690 g/mol. The Morgan fingerprint density at radius 3 is 1.73 bits per heavy atom. The first-order chi connectivity index (χ1) is 23.8. The minimum atomic E-state index is -0.341. The van der Waals surface area contributed by atoms with Gasteiger partial charge < -0.3 is 19.5 Å². The fourth-order valence-corrected chi connectivity index (χ4v) is 5.68. The van der Waals surface area contributed by atoms with Crippen molar-refractivity contribution in [3.8, 4) is 11.8 Å². The van der Waals surface area contributed by atoms with E-state index in [0.29, 0.717) is 19.3 Å². The minimum absolute atomic E-state index is 0.0394. The van der Waals surface area contributed by atoms with E-state index in [1.54, 1.807) is 0 Å². The van der Waals surface area contributed by atoms with Crippen LogP contribution in [0.3, 0.4) is 0 Å². The fourth-order valence-electron chi connectivity index (χ4n) is 5.68. The molecule has 0 saturated heterocycles. The number of unbranched alkanes of at least 4 members (excludes halogenated alkanes) is 16. The largest absolute Gasteiger partial charge is 0.462 e. The van der Waals surface area contributed by atoms with E-state index in [9.17, 15) is 14.4 Å². The van der Waals surface area contributed by atoms with Crippen LogP contribution in [0, 0.1) is 11.8 Å². The number of ether oxygens (including phenoxy) is 3. The number of carbonyl (C=O) groups excluding carboxylic acids is 3. The second-order valence-corrected chi connectivity index (χ2v) is 13.7. The zero-order valence-electron chi connectivity index (χ0n) is 32.4. The third kappa shape index (κ3) is 33.9. The second-order valence-electron chi connectivity index (χ2n) is 13.7. The highest BCUT2D eigenvalue weighted by Gasteiger charge is 2.15. The third-order valence-corrected chi connectivity index (χ3v) is 8.64. The van der Waals surface area contributed by atoms with Gasteiger partial charge in [-0.05, 0) is 97.7 Å². The summed E-state index contributed by atoms with van der Waals surface area (Å²) in [7, 11) is 1.89. The minimum Gasteiger partial charge on any atom is -0.462 e. The molecule has 0 aliphatic rings. The monoisotopic (exact) mass is 690 g/mol. The van der Waals surface area contributed by atoms with Crippen molar-refractivity contribution in [3.63, 3.8) is 0 Å². The van der Waals surface area contributed by atoms with E-state index in [4.69, 9.17) is 14.2 Å². The van der Waals surface area contributed by atoms with Gasteiger partial charge in [0.15, 0.2) is 6.10 Å². The third-order valence-electron chi connectivity index (χ3n) is 8.64. The maximum absolute atomic E-state index is 12.4. The summed E-state index contributed by atoms with van der Waals surface area (Å²) in [6.07, 6.45) is 29.1. The predicted molar refractivity (Wildman–Crippen MR) is 203 cm³/mol. The molecule has 0 spiro atoms. The van der Waals surface area contributed by atoms with Gasteiger partial charge in [0.05, 0.1) is 0 Å². The van der Waals surface area contributed by atoms with Crippen molar-refractivity contribution in [2.45, 2.75) is 213 Å². The number of nitrogens with one attached hydrogen (secondary N) is 1. The van der Waals surface area contributed by atoms with Crippen molar-refractivity contribution in [2.24, 2.45) is 0 Å². The van der Waals surface area contributed by atoms with Crippen molar-refractivity contribution in [1.29, 1.82) is 0 Å². The molecule has 284 valence electrons. The van der Waals surface area contributed by atoms with Crippen LogP contribution in [0.1, 0.15) is 195 Å². The summed E-state index contributed by atoms with van der Waals surface area (Å²) in [4.78, 5) is 36.8. The van der Waals surface area contributed by atoms with E-state index in [-0.39, 0.29) is 36.2 Å². The fraction of sp³-hybridized carbons (Fsp3) is 0.833.